The minimum atomic E-state index is -0.205. The lowest BCUT2D eigenvalue weighted by Crippen LogP contribution is -2.44. The van der Waals surface area contributed by atoms with Gasteiger partial charge in [0.05, 0.1) is 0 Å². The molecule has 0 amide bonds. The van der Waals surface area contributed by atoms with Crippen LogP contribution in [0.25, 0.3) is 0 Å². The van der Waals surface area contributed by atoms with Gasteiger partial charge in [-0.25, -0.2) is 4.39 Å². The lowest BCUT2D eigenvalue weighted by Gasteiger charge is -2.33. The van der Waals surface area contributed by atoms with Gasteiger partial charge in [0.25, 0.3) is 0 Å². The van der Waals surface area contributed by atoms with Crippen molar-refractivity contribution in [1.29, 1.82) is 0 Å². The molecule has 1 aromatic rings. The van der Waals surface area contributed by atoms with E-state index in [9.17, 15) is 4.39 Å². The van der Waals surface area contributed by atoms with Gasteiger partial charge >= 0.3 is 0 Å². The van der Waals surface area contributed by atoms with Crippen LogP contribution in [-0.4, -0.2) is 31.1 Å². The summed E-state index contributed by atoms with van der Waals surface area (Å²) in [5.74, 6) is -0.205. The predicted octanol–water partition coefficient (Wildman–Crippen LogP) is 1.25. The van der Waals surface area contributed by atoms with Crippen LogP contribution in [0.4, 0.5) is 4.39 Å². The number of hydrogen-bond donors (Lipinski definition) is 2. The Bertz CT molecular complexity index is 375. The third-order valence-electron chi connectivity index (χ3n) is 3.47. The van der Waals surface area contributed by atoms with E-state index in [2.05, 4.69) is 17.1 Å². The zero-order chi connectivity index (χ0) is 12.3. The third-order valence-corrected chi connectivity index (χ3v) is 3.47. The zero-order valence-corrected chi connectivity index (χ0v) is 10.2. The van der Waals surface area contributed by atoms with Gasteiger partial charge in [-0.15, -0.1) is 0 Å². The number of benzene rings is 1. The average Bonchev–Trinajstić information content (AvgIpc) is 2.39. The summed E-state index contributed by atoms with van der Waals surface area (Å²) in [5.41, 5.74) is 7.28. The molecule has 1 fully saturated rings. The standard InChI is InChI=1S/C13H20FN3/c1-10(17-6-4-16-5-7-17)11-2-3-13(14)12(8-11)9-15/h2-3,8,10,16H,4-7,9,15H2,1H3. The minimum absolute atomic E-state index is 0.205. The molecule has 0 radical (unpaired) electrons. The number of hydrogen-bond acceptors (Lipinski definition) is 3. The maximum atomic E-state index is 13.4. The summed E-state index contributed by atoms with van der Waals surface area (Å²) in [4.78, 5) is 2.41. The highest BCUT2D eigenvalue weighted by Crippen LogP contribution is 2.22. The monoisotopic (exact) mass is 237 g/mol. The van der Waals surface area contributed by atoms with Gasteiger partial charge in [0.15, 0.2) is 0 Å². The van der Waals surface area contributed by atoms with Crippen molar-refractivity contribution in [3.8, 4) is 0 Å². The van der Waals surface area contributed by atoms with Crippen LogP contribution in [0.3, 0.4) is 0 Å². The van der Waals surface area contributed by atoms with Crippen molar-refractivity contribution < 1.29 is 4.39 Å². The topological polar surface area (TPSA) is 41.3 Å². The number of rotatable bonds is 3. The second-order valence-electron chi connectivity index (χ2n) is 4.52. The maximum absolute atomic E-state index is 13.4. The number of nitrogens with zero attached hydrogens (tertiary/aromatic N) is 1. The molecule has 1 aliphatic rings. The Balaban J connectivity index is 2.15. The smallest absolute Gasteiger partial charge is 0.127 e. The third kappa shape index (κ3) is 2.83. The van der Waals surface area contributed by atoms with E-state index < -0.39 is 0 Å². The van der Waals surface area contributed by atoms with Crippen molar-refractivity contribution >= 4 is 0 Å². The molecule has 0 aliphatic carbocycles. The zero-order valence-electron chi connectivity index (χ0n) is 10.2. The SMILES string of the molecule is CC(c1ccc(F)c(CN)c1)N1CCNCC1. The minimum Gasteiger partial charge on any atom is -0.326 e. The predicted molar refractivity (Wildman–Crippen MR) is 67.1 cm³/mol. The van der Waals surface area contributed by atoms with E-state index in [4.69, 9.17) is 5.73 Å². The summed E-state index contributed by atoms with van der Waals surface area (Å²) in [6.45, 7) is 6.55. The highest BCUT2D eigenvalue weighted by atomic mass is 19.1. The van der Waals surface area contributed by atoms with Crippen molar-refractivity contribution in [3.63, 3.8) is 0 Å². The summed E-state index contributed by atoms with van der Waals surface area (Å²) in [5, 5.41) is 3.33. The Morgan fingerprint density at radius 2 is 2.12 bits per heavy atom. The van der Waals surface area contributed by atoms with Crippen molar-refractivity contribution in [2.45, 2.75) is 19.5 Å². The Kier molecular flexibility index (Phi) is 4.10. The van der Waals surface area contributed by atoms with Crippen molar-refractivity contribution in [3.05, 3.63) is 35.1 Å². The van der Waals surface area contributed by atoms with Gasteiger partial charge in [0.2, 0.25) is 0 Å². The normalized spacial score (nSPS) is 19.2. The Labute approximate surface area is 102 Å². The molecular formula is C13H20FN3. The summed E-state index contributed by atoms with van der Waals surface area (Å²) < 4.78 is 13.4. The first kappa shape index (κ1) is 12.5. The second kappa shape index (κ2) is 5.58. The average molecular weight is 237 g/mol. The van der Waals surface area contributed by atoms with Crippen LogP contribution >= 0.6 is 0 Å². The molecule has 1 saturated heterocycles. The Morgan fingerprint density at radius 3 is 2.76 bits per heavy atom. The summed E-state index contributed by atoms with van der Waals surface area (Å²) in [6, 6.07) is 5.60. The van der Waals surface area contributed by atoms with E-state index in [0.29, 0.717) is 11.6 Å². The Hall–Kier alpha value is -0.970. The second-order valence-corrected chi connectivity index (χ2v) is 4.52. The van der Waals surface area contributed by atoms with Crippen LogP contribution < -0.4 is 11.1 Å². The van der Waals surface area contributed by atoms with Crippen LogP contribution in [0, 0.1) is 5.82 Å². The van der Waals surface area contributed by atoms with E-state index >= 15 is 0 Å². The van der Waals surface area contributed by atoms with Crippen LogP contribution in [0.2, 0.25) is 0 Å². The van der Waals surface area contributed by atoms with Crippen molar-refractivity contribution in [1.82, 2.24) is 10.2 Å². The first-order chi connectivity index (χ1) is 8.22. The number of halogens is 1. The molecule has 94 valence electrons. The van der Waals surface area contributed by atoms with Crippen LogP contribution in [0.15, 0.2) is 18.2 Å². The lowest BCUT2D eigenvalue weighted by molar-refractivity contribution is 0.185. The van der Waals surface area contributed by atoms with Gasteiger partial charge in [-0.2, -0.15) is 0 Å². The van der Waals surface area contributed by atoms with Gasteiger partial charge in [0.1, 0.15) is 5.82 Å². The van der Waals surface area contributed by atoms with E-state index in [-0.39, 0.29) is 12.4 Å². The molecule has 4 heteroatoms. The van der Waals surface area contributed by atoms with Gasteiger partial charge in [-0.05, 0) is 18.6 Å². The fraction of sp³-hybridized carbons (Fsp3) is 0.538. The van der Waals surface area contributed by atoms with Crippen molar-refractivity contribution in [2.75, 3.05) is 26.2 Å². The van der Waals surface area contributed by atoms with Crippen molar-refractivity contribution in [2.24, 2.45) is 5.73 Å². The molecule has 17 heavy (non-hydrogen) atoms. The number of piperazine rings is 1. The van der Waals surface area contributed by atoms with Gasteiger partial charge < -0.3 is 11.1 Å². The highest BCUT2D eigenvalue weighted by Gasteiger charge is 2.18. The molecule has 3 nitrogen and oxygen atoms in total. The first-order valence-corrected chi connectivity index (χ1v) is 6.15. The van der Waals surface area contributed by atoms with E-state index in [1.54, 1.807) is 0 Å². The van der Waals surface area contributed by atoms with E-state index in [0.717, 1.165) is 31.7 Å². The quantitative estimate of drug-likeness (QED) is 0.831. The molecule has 0 saturated carbocycles. The number of nitrogens with one attached hydrogen (secondary N) is 1. The summed E-state index contributed by atoms with van der Waals surface area (Å²) >= 11 is 0. The van der Waals surface area contributed by atoms with Gasteiger partial charge in [-0.1, -0.05) is 12.1 Å². The fourth-order valence-electron chi connectivity index (χ4n) is 2.29. The largest absolute Gasteiger partial charge is 0.326 e. The van der Waals surface area contributed by atoms with E-state index in [1.807, 2.05) is 12.1 Å². The molecule has 1 unspecified atom stereocenters. The van der Waals surface area contributed by atoms with Crippen LogP contribution in [-0.2, 0) is 6.54 Å². The molecule has 3 N–H and O–H groups in total. The fourth-order valence-corrected chi connectivity index (χ4v) is 2.29. The van der Waals surface area contributed by atoms with Crippen LogP contribution in [0.5, 0.6) is 0 Å². The first-order valence-electron chi connectivity index (χ1n) is 6.15. The molecule has 0 aromatic heterocycles. The van der Waals surface area contributed by atoms with E-state index in [1.165, 1.54) is 6.07 Å². The molecule has 0 spiro atoms. The van der Waals surface area contributed by atoms with Crippen LogP contribution in [0.1, 0.15) is 24.1 Å². The Morgan fingerprint density at radius 1 is 1.41 bits per heavy atom. The molecule has 1 aromatic carbocycles. The van der Waals surface area contributed by atoms with Gasteiger partial charge in [0, 0.05) is 44.3 Å². The lowest BCUT2D eigenvalue weighted by atomic mass is 10.0. The summed E-state index contributed by atoms with van der Waals surface area (Å²) in [7, 11) is 0. The maximum Gasteiger partial charge on any atom is 0.127 e. The molecule has 2 rings (SSSR count). The molecule has 0 bridgehead atoms. The summed E-state index contributed by atoms with van der Waals surface area (Å²) in [6.07, 6.45) is 0. The molecule has 1 heterocycles. The molecular weight excluding hydrogens is 217 g/mol. The number of nitrogens with two attached hydrogens (primary N) is 1. The molecule has 1 atom stereocenters. The molecule has 1 aliphatic heterocycles. The van der Waals surface area contributed by atoms with Gasteiger partial charge in [-0.3, -0.25) is 4.90 Å². The highest BCUT2D eigenvalue weighted by molar-refractivity contribution is 5.27.